The van der Waals surface area contributed by atoms with Crippen LogP contribution in [0.1, 0.15) is 18.1 Å². The third-order valence-corrected chi connectivity index (χ3v) is 8.72. The van der Waals surface area contributed by atoms with Crippen molar-refractivity contribution < 1.29 is 33.2 Å². The van der Waals surface area contributed by atoms with Crippen molar-refractivity contribution in [3.05, 3.63) is 84.9 Å². The summed E-state index contributed by atoms with van der Waals surface area (Å²) in [6, 6.07) is 27.0. The monoisotopic (exact) mass is 665 g/mol. The number of aromatic nitrogens is 3. The molecule has 0 saturated carbocycles. The molecular formula is C37H35N3O7S. The number of fused-ring (bicyclic) bond motifs is 1. The van der Waals surface area contributed by atoms with Crippen LogP contribution in [0.25, 0.3) is 43.3 Å². The van der Waals surface area contributed by atoms with Crippen molar-refractivity contribution in [2.24, 2.45) is 0 Å². The quantitative estimate of drug-likeness (QED) is 0.113. The first-order valence-electron chi connectivity index (χ1n) is 15.2. The number of benzene rings is 4. The highest BCUT2D eigenvalue weighted by Gasteiger charge is 2.20. The minimum absolute atomic E-state index is 0.243. The van der Waals surface area contributed by atoms with Crippen LogP contribution < -0.4 is 28.4 Å². The van der Waals surface area contributed by atoms with E-state index in [9.17, 15) is 4.79 Å². The minimum Gasteiger partial charge on any atom is -0.493 e. The van der Waals surface area contributed by atoms with E-state index in [1.54, 1.807) is 51.9 Å². The second kappa shape index (κ2) is 14.5. The first-order valence-corrected chi connectivity index (χ1v) is 16.1. The molecule has 0 atom stereocenters. The molecule has 0 saturated heterocycles. The highest BCUT2D eigenvalue weighted by Crippen LogP contribution is 2.42. The highest BCUT2D eigenvalue weighted by atomic mass is 32.1. The molecule has 6 aromatic rings. The Bertz CT molecular complexity index is 1990. The predicted octanol–water partition coefficient (Wildman–Crippen LogP) is 8.04. The summed E-state index contributed by atoms with van der Waals surface area (Å²) in [4.78, 5) is 17.4. The molecule has 48 heavy (non-hydrogen) atoms. The molecule has 0 aliphatic rings. The molecule has 0 amide bonds. The number of para-hydroxylation sites is 1. The summed E-state index contributed by atoms with van der Waals surface area (Å²) in [7, 11) is 6.23. The molecular weight excluding hydrogens is 630 g/mol. The maximum atomic E-state index is 12.7. The van der Waals surface area contributed by atoms with Crippen LogP contribution in [0.3, 0.4) is 0 Å². The fraction of sp³-hybridized carbons (Fsp3) is 0.216. The summed E-state index contributed by atoms with van der Waals surface area (Å²) in [6.45, 7) is 2.33. The Kier molecular flexibility index (Phi) is 9.77. The molecule has 0 spiro atoms. The Morgan fingerprint density at radius 1 is 0.708 bits per heavy atom. The fourth-order valence-corrected chi connectivity index (χ4v) is 6.24. The van der Waals surface area contributed by atoms with Gasteiger partial charge in [0.15, 0.2) is 23.0 Å². The number of carbonyl (C=O) groups excluding carboxylic acids is 1. The van der Waals surface area contributed by atoms with E-state index in [1.165, 1.54) is 16.3 Å². The topological polar surface area (TPSA) is 103 Å². The first-order chi connectivity index (χ1) is 23.4. The van der Waals surface area contributed by atoms with Crippen molar-refractivity contribution in [3.8, 4) is 67.6 Å². The van der Waals surface area contributed by atoms with E-state index in [0.29, 0.717) is 65.3 Å². The Labute approximate surface area is 282 Å². The largest absolute Gasteiger partial charge is 0.493 e. The predicted molar refractivity (Wildman–Crippen MR) is 186 cm³/mol. The van der Waals surface area contributed by atoms with E-state index in [-0.39, 0.29) is 5.91 Å². The zero-order valence-corrected chi connectivity index (χ0v) is 28.1. The van der Waals surface area contributed by atoms with Gasteiger partial charge in [0.1, 0.15) is 10.8 Å². The Morgan fingerprint density at radius 3 is 2.04 bits per heavy atom. The number of rotatable bonds is 13. The van der Waals surface area contributed by atoms with Crippen molar-refractivity contribution >= 4 is 27.5 Å². The van der Waals surface area contributed by atoms with Crippen LogP contribution in [-0.2, 0) is 0 Å². The van der Waals surface area contributed by atoms with Gasteiger partial charge in [0.2, 0.25) is 11.7 Å². The van der Waals surface area contributed by atoms with Gasteiger partial charge in [-0.1, -0.05) is 12.1 Å². The van der Waals surface area contributed by atoms with Gasteiger partial charge < -0.3 is 28.4 Å². The molecule has 2 aromatic heterocycles. The lowest BCUT2D eigenvalue weighted by Gasteiger charge is -2.13. The van der Waals surface area contributed by atoms with Crippen LogP contribution in [0.2, 0.25) is 0 Å². The maximum absolute atomic E-state index is 12.7. The van der Waals surface area contributed by atoms with E-state index in [2.05, 4.69) is 11.2 Å². The van der Waals surface area contributed by atoms with Crippen LogP contribution >= 0.6 is 11.3 Å². The molecule has 0 N–H and O–H groups in total. The smallest absolute Gasteiger partial charge is 0.244 e. The number of carbonyl (C=O) groups is 1. The van der Waals surface area contributed by atoms with Crippen molar-refractivity contribution in [2.75, 3.05) is 41.7 Å². The number of hydrogen-bond donors (Lipinski definition) is 0. The first kappa shape index (κ1) is 32.4. The van der Waals surface area contributed by atoms with E-state index in [1.807, 2.05) is 66.7 Å². The van der Waals surface area contributed by atoms with Crippen molar-refractivity contribution in [3.63, 3.8) is 0 Å². The molecule has 0 unspecified atom stereocenters. The zero-order chi connectivity index (χ0) is 33.6. The van der Waals surface area contributed by atoms with Crippen LogP contribution in [0.15, 0.2) is 84.9 Å². The van der Waals surface area contributed by atoms with Crippen molar-refractivity contribution in [1.29, 1.82) is 0 Å². The average molecular weight is 666 g/mol. The third-order valence-electron chi connectivity index (χ3n) is 7.64. The summed E-state index contributed by atoms with van der Waals surface area (Å²) in [6.07, 6.45) is 0.643. The molecule has 4 aromatic carbocycles. The number of thiazole rings is 1. The van der Waals surface area contributed by atoms with Gasteiger partial charge in [0.05, 0.1) is 63.3 Å². The normalized spacial score (nSPS) is 10.9. The van der Waals surface area contributed by atoms with Gasteiger partial charge in [0, 0.05) is 30.0 Å². The summed E-state index contributed by atoms with van der Waals surface area (Å²) in [5, 5.41) is 5.59. The number of ether oxygens (including phenoxy) is 6. The maximum Gasteiger partial charge on any atom is 0.244 e. The third kappa shape index (κ3) is 6.77. The van der Waals surface area contributed by atoms with Crippen LogP contribution in [-0.4, -0.2) is 62.3 Å². The van der Waals surface area contributed by atoms with Crippen LogP contribution in [0.4, 0.5) is 0 Å². The molecule has 0 radical (unpaired) electrons. The van der Waals surface area contributed by atoms with Gasteiger partial charge in [-0.25, -0.2) is 4.98 Å². The average Bonchev–Trinajstić information content (AvgIpc) is 3.77. The highest BCUT2D eigenvalue weighted by molar-refractivity contribution is 7.21. The fourth-order valence-electron chi connectivity index (χ4n) is 5.27. The van der Waals surface area contributed by atoms with E-state index in [0.717, 1.165) is 27.4 Å². The molecule has 246 valence electrons. The Balaban J connectivity index is 1.13. The molecule has 6 rings (SSSR count). The summed E-state index contributed by atoms with van der Waals surface area (Å²) >= 11 is 1.67. The summed E-state index contributed by atoms with van der Waals surface area (Å²) in [5.41, 5.74) is 4.64. The molecule has 10 nitrogen and oxygen atoms in total. The molecule has 0 aliphatic heterocycles. The van der Waals surface area contributed by atoms with Gasteiger partial charge in [-0.3, -0.25) is 4.79 Å². The summed E-state index contributed by atoms with van der Waals surface area (Å²) < 4.78 is 36.7. The lowest BCUT2D eigenvalue weighted by Crippen LogP contribution is -2.09. The van der Waals surface area contributed by atoms with E-state index < -0.39 is 0 Å². The van der Waals surface area contributed by atoms with E-state index in [4.69, 9.17) is 33.4 Å². The van der Waals surface area contributed by atoms with Crippen LogP contribution in [0, 0.1) is 0 Å². The molecule has 0 aliphatic carbocycles. The minimum atomic E-state index is -0.243. The Morgan fingerprint density at radius 2 is 1.38 bits per heavy atom. The number of hydrogen-bond acceptors (Lipinski definition) is 10. The van der Waals surface area contributed by atoms with Gasteiger partial charge in [0.25, 0.3) is 0 Å². The number of methoxy groups -OCH3 is 4. The molecule has 0 fully saturated rings. The molecule has 2 heterocycles. The van der Waals surface area contributed by atoms with Gasteiger partial charge >= 0.3 is 0 Å². The lowest BCUT2D eigenvalue weighted by molar-refractivity contribution is 0.0923. The molecule has 11 heteroatoms. The van der Waals surface area contributed by atoms with Crippen molar-refractivity contribution in [1.82, 2.24) is 14.8 Å². The van der Waals surface area contributed by atoms with Crippen LogP contribution in [0.5, 0.6) is 34.5 Å². The summed E-state index contributed by atoms with van der Waals surface area (Å²) in [5.74, 6) is 3.08. The zero-order valence-electron chi connectivity index (χ0n) is 27.3. The lowest BCUT2D eigenvalue weighted by atomic mass is 10.1. The molecule has 0 bridgehead atoms. The number of nitrogens with zero attached hydrogens (tertiary/aromatic N) is 3. The van der Waals surface area contributed by atoms with Crippen molar-refractivity contribution in [2.45, 2.75) is 13.3 Å². The SMILES string of the molecule is COc1ccc(-c2cc(-c3cc(OC)c(OC)c(OC)c3)nn2C(C)=O)cc1OCCCOc1ccc(-c2nc3ccccc3s2)cc1. The van der Waals surface area contributed by atoms with Gasteiger partial charge in [-0.15, -0.1) is 11.3 Å². The second-order valence-electron chi connectivity index (χ2n) is 10.7. The second-order valence-corrected chi connectivity index (χ2v) is 11.7. The standard InChI is InChI=1S/C37H35N3O7S/c1-23(41)40-30(22-29(39-40)26-20-33(43-3)36(45-5)34(21-26)44-4)25-13-16-31(42-2)32(19-25)47-18-8-17-46-27-14-11-24(12-15-27)37-38-28-9-6-7-10-35(28)48-37/h6-7,9-16,19-22H,8,17-18H2,1-5H3. The van der Waals surface area contributed by atoms with Gasteiger partial charge in [-0.2, -0.15) is 9.78 Å². The van der Waals surface area contributed by atoms with Gasteiger partial charge in [-0.05, 0) is 72.8 Å². The van der Waals surface area contributed by atoms with E-state index >= 15 is 0 Å². The Hall–Kier alpha value is -5.55.